The van der Waals surface area contributed by atoms with Crippen molar-refractivity contribution in [3.63, 3.8) is 0 Å². The Labute approximate surface area is 143 Å². The third kappa shape index (κ3) is 5.03. The molecule has 1 fully saturated rings. The number of thioether (sulfide) groups is 1. The van der Waals surface area contributed by atoms with E-state index in [4.69, 9.17) is 4.74 Å². The van der Waals surface area contributed by atoms with Gasteiger partial charge in [-0.2, -0.15) is 11.8 Å². The molecule has 0 spiro atoms. The Bertz CT molecular complexity index is 521. The van der Waals surface area contributed by atoms with Crippen molar-refractivity contribution in [1.29, 1.82) is 0 Å². The first-order valence-electron chi connectivity index (χ1n) is 8.29. The van der Waals surface area contributed by atoms with Crippen LogP contribution in [0.2, 0.25) is 0 Å². The Kier molecular flexibility index (Phi) is 7.02. The number of aliphatic imine (C=N–C) groups is 1. The summed E-state index contributed by atoms with van der Waals surface area (Å²) in [4.78, 5) is 11.1. The van der Waals surface area contributed by atoms with Crippen molar-refractivity contribution in [3.8, 4) is 5.88 Å². The molecule has 0 amide bonds. The topological polar surface area (TPSA) is 49.8 Å². The minimum Gasteiger partial charge on any atom is -0.478 e. The number of guanidine groups is 1. The Morgan fingerprint density at radius 2 is 2.39 bits per heavy atom. The van der Waals surface area contributed by atoms with Gasteiger partial charge in [0, 0.05) is 49.4 Å². The molecule has 6 heteroatoms. The highest BCUT2D eigenvalue weighted by Gasteiger charge is 2.24. The van der Waals surface area contributed by atoms with Gasteiger partial charge in [-0.3, -0.25) is 4.99 Å². The van der Waals surface area contributed by atoms with Gasteiger partial charge in [0.15, 0.2) is 5.96 Å². The van der Waals surface area contributed by atoms with Gasteiger partial charge < -0.3 is 15.0 Å². The van der Waals surface area contributed by atoms with Crippen LogP contribution in [0.25, 0.3) is 0 Å². The predicted molar refractivity (Wildman–Crippen MR) is 98.3 cm³/mol. The zero-order valence-electron chi connectivity index (χ0n) is 14.6. The molecule has 1 saturated heterocycles. The largest absolute Gasteiger partial charge is 0.478 e. The van der Waals surface area contributed by atoms with Crippen LogP contribution in [0.4, 0.5) is 0 Å². The van der Waals surface area contributed by atoms with Crippen molar-refractivity contribution in [2.75, 3.05) is 32.5 Å². The van der Waals surface area contributed by atoms with E-state index in [9.17, 15) is 0 Å². The van der Waals surface area contributed by atoms with Gasteiger partial charge in [0.25, 0.3) is 0 Å². The fourth-order valence-electron chi connectivity index (χ4n) is 2.60. The SMILES string of the molecule is CCOc1ncccc1CNC(=NC)N1CCSC(C(C)C)C1. The number of ether oxygens (including phenoxy) is 1. The van der Waals surface area contributed by atoms with E-state index < -0.39 is 0 Å². The van der Waals surface area contributed by atoms with Crippen molar-refractivity contribution in [2.24, 2.45) is 10.9 Å². The molecule has 0 aliphatic carbocycles. The summed E-state index contributed by atoms with van der Waals surface area (Å²) in [6.45, 7) is 9.95. The smallest absolute Gasteiger partial charge is 0.218 e. The van der Waals surface area contributed by atoms with E-state index in [1.54, 1.807) is 6.20 Å². The van der Waals surface area contributed by atoms with Crippen molar-refractivity contribution < 1.29 is 4.74 Å². The van der Waals surface area contributed by atoms with Crippen LogP contribution in [0.15, 0.2) is 23.3 Å². The molecule has 0 bridgehead atoms. The Balaban J connectivity index is 1.98. The second-order valence-corrected chi connectivity index (χ2v) is 7.25. The Morgan fingerprint density at radius 1 is 1.57 bits per heavy atom. The van der Waals surface area contributed by atoms with Gasteiger partial charge >= 0.3 is 0 Å². The molecule has 23 heavy (non-hydrogen) atoms. The van der Waals surface area contributed by atoms with Crippen molar-refractivity contribution >= 4 is 17.7 Å². The number of pyridine rings is 1. The molecule has 1 aliphatic rings. The minimum absolute atomic E-state index is 0.623. The van der Waals surface area contributed by atoms with Crippen LogP contribution >= 0.6 is 11.8 Å². The molecule has 1 aliphatic heterocycles. The third-order valence-corrected chi connectivity index (χ3v) is 5.46. The molecule has 1 aromatic rings. The van der Waals surface area contributed by atoms with Gasteiger partial charge in [-0.15, -0.1) is 0 Å². The van der Waals surface area contributed by atoms with Crippen molar-refractivity contribution in [1.82, 2.24) is 15.2 Å². The van der Waals surface area contributed by atoms with Crippen LogP contribution < -0.4 is 10.1 Å². The standard InChI is InChI=1S/C17H28N4OS/c1-5-22-16-14(7-6-8-19-16)11-20-17(18-4)21-9-10-23-15(12-21)13(2)3/h6-8,13,15H,5,9-12H2,1-4H3,(H,18,20). The molecule has 0 saturated carbocycles. The fraction of sp³-hybridized carbons (Fsp3) is 0.647. The van der Waals surface area contributed by atoms with Gasteiger partial charge in [0.1, 0.15) is 0 Å². The number of nitrogens with zero attached hydrogens (tertiary/aromatic N) is 3. The van der Waals surface area contributed by atoms with Crippen LogP contribution in [-0.2, 0) is 6.54 Å². The molecule has 1 aromatic heterocycles. The Hall–Kier alpha value is -1.43. The summed E-state index contributed by atoms with van der Waals surface area (Å²) in [6.07, 6.45) is 1.76. The molecule has 1 unspecified atom stereocenters. The minimum atomic E-state index is 0.623. The molecule has 1 atom stereocenters. The first kappa shape index (κ1) is 17.9. The summed E-state index contributed by atoms with van der Waals surface area (Å²) in [5, 5.41) is 4.13. The number of nitrogens with one attached hydrogen (secondary N) is 1. The lowest BCUT2D eigenvalue weighted by Gasteiger charge is -2.36. The molecule has 2 heterocycles. The molecule has 2 rings (SSSR count). The second-order valence-electron chi connectivity index (χ2n) is 5.90. The fourth-order valence-corrected chi connectivity index (χ4v) is 3.90. The first-order chi connectivity index (χ1) is 11.2. The summed E-state index contributed by atoms with van der Waals surface area (Å²) in [7, 11) is 1.85. The maximum atomic E-state index is 5.59. The van der Waals surface area contributed by atoms with Crippen LogP contribution in [0, 0.1) is 5.92 Å². The van der Waals surface area contributed by atoms with Crippen LogP contribution in [0.5, 0.6) is 5.88 Å². The van der Waals surface area contributed by atoms with E-state index in [-0.39, 0.29) is 0 Å². The lowest BCUT2D eigenvalue weighted by atomic mass is 10.1. The van der Waals surface area contributed by atoms with E-state index in [2.05, 4.69) is 45.8 Å². The molecule has 5 nitrogen and oxygen atoms in total. The molecule has 128 valence electrons. The average Bonchev–Trinajstić information content (AvgIpc) is 2.57. The molecular weight excluding hydrogens is 308 g/mol. The zero-order valence-corrected chi connectivity index (χ0v) is 15.4. The van der Waals surface area contributed by atoms with Crippen molar-refractivity contribution in [3.05, 3.63) is 23.9 Å². The highest BCUT2D eigenvalue weighted by molar-refractivity contribution is 8.00. The number of hydrogen-bond acceptors (Lipinski definition) is 4. The van der Waals surface area contributed by atoms with Crippen LogP contribution in [0.1, 0.15) is 26.3 Å². The second kappa shape index (κ2) is 9.01. The molecule has 0 radical (unpaired) electrons. The summed E-state index contributed by atoms with van der Waals surface area (Å²) in [5.74, 6) is 3.50. The maximum absolute atomic E-state index is 5.59. The van der Waals surface area contributed by atoms with E-state index in [1.807, 2.05) is 26.1 Å². The van der Waals surface area contributed by atoms with E-state index >= 15 is 0 Å². The molecule has 0 aromatic carbocycles. The van der Waals surface area contributed by atoms with Crippen molar-refractivity contribution in [2.45, 2.75) is 32.6 Å². The maximum Gasteiger partial charge on any atom is 0.218 e. The highest BCUT2D eigenvalue weighted by Crippen LogP contribution is 2.25. The van der Waals surface area contributed by atoms with Gasteiger partial charge in [0.05, 0.1) is 6.61 Å². The quantitative estimate of drug-likeness (QED) is 0.662. The summed E-state index contributed by atoms with van der Waals surface area (Å²) >= 11 is 2.07. The summed E-state index contributed by atoms with van der Waals surface area (Å²) in [6, 6.07) is 3.98. The molecule has 1 N–H and O–H groups in total. The van der Waals surface area contributed by atoms with E-state index in [0.717, 1.165) is 30.4 Å². The number of rotatable bonds is 5. The van der Waals surface area contributed by atoms with Crippen LogP contribution in [0.3, 0.4) is 0 Å². The van der Waals surface area contributed by atoms with E-state index in [1.165, 1.54) is 0 Å². The average molecular weight is 337 g/mol. The predicted octanol–water partition coefficient (Wildman–Crippen LogP) is 2.63. The number of aromatic nitrogens is 1. The van der Waals surface area contributed by atoms with Gasteiger partial charge in [-0.25, -0.2) is 4.98 Å². The van der Waals surface area contributed by atoms with Gasteiger partial charge in [-0.05, 0) is 18.9 Å². The van der Waals surface area contributed by atoms with E-state index in [0.29, 0.717) is 30.2 Å². The lowest BCUT2D eigenvalue weighted by molar-refractivity contribution is 0.322. The molecular formula is C17H28N4OS. The van der Waals surface area contributed by atoms with Gasteiger partial charge in [-0.1, -0.05) is 19.9 Å². The highest BCUT2D eigenvalue weighted by atomic mass is 32.2. The summed E-state index contributed by atoms with van der Waals surface area (Å²) in [5.41, 5.74) is 1.06. The monoisotopic (exact) mass is 336 g/mol. The summed E-state index contributed by atoms with van der Waals surface area (Å²) < 4.78 is 5.59. The lowest BCUT2D eigenvalue weighted by Crippen LogP contribution is -2.48. The normalized spacial score (nSPS) is 19.1. The third-order valence-electron chi connectivity index (χ3n) is 3.92. The Morgan fingerprint density at radius 3 is 3.09 bits per heavy atom. The first-order valence-corrected chi connectivity index (χ1v) is 9.34. The zero-order chi connectivity index (χ0) is 16.7. The number of hydrogen-bond donors (Lipinski definition) is 1. The van der Waals surface area contributed by atoms with Crippen LogP contribution in [-0.4, -0.2) is 53.6 Å². The van der Waals surface area contributed by atoms with Gasteiger partial charge in [0.2, 0.25) is 5.88 Å².